The van der Waals surface area contributed by atoms with Crippen LogP contribution in [0.5, 0.6) is 5.75 Å². The highest BCUT2D eigenvalue weighted by Crippen LogP contribution is 2.41. The quantitative estimate of drug-likeness (QED) is 0.402. The van der Waals surface area contributed by atoms with Crippen molar-refractivity contribution in [2.45, 2.75) is 9.79 Å². The fourth-order valence-corrected chi connectivity index (χ4v) is 4.13. The molecule has 4 rings (SSSR count). The Hall–Kier alpha value is -2.17. The van der Waals surface area contributed by atoms with E-state index in [-0.39, 0.29) is 0 Å². The maximum Gasteiger partial charge on any atom is 0.118 e. The van der Waals surface area contributed by atoms with Crippen LogP contribution in [0.2, 0.25) is 0 Å². The van der Waals surface area contributed by atoms with E-state index in [2.05, 4.69) is 81.6 Å². The van der Waals surface area contributed by atoms with Crippen molar-refractivity contribution in [3.63, 3.8) is 0 Å². The van der Waals surface area contributed by atoms with E-state index in [9.17, 15) is 0 Å². The van der Waals surface area contributed by atoms with Crippen molar-refractivity contribution < 1.29 is 4.74 Å². The van der Waals surface area contributed by atoms with Crippen LogP contribution in [-0.4, -0.2) is 12.1 Å². The van der Waals surface area contributed by atoms with Gasteiger partial charge in [-0.1, -0.05) is 45.9 Å². The molecule has 0 spiro atoms. The van der Waals surface area contributed by atoms with E-state index < -0.39 is 0 Å². The molecule has 0 bridgehead atoms. The highest BCUT2D eigenvalue weighted by atomic mass is 79.9. The largest absolute Gasteiger partial charge is 0.497 e. The Balaban J connectivity index is 1.83. The molecule has 124 valence electrons. The number of aromatic amines is 1. The average molecular weight is 410 g/mol. The van der Waals surface area contributed by atoms with E-state index in [1.54, 1.807) is 18.9 Å². The number of rotatable bonds is 4. The molecule has 4 aromatic rings. The van der Waals surface area contributed by atoms with Gasteiger partial charge in [0.1, 0.15) is 5.75 Å². The van der Waals surface area contributed by atoms with Crippen LogP contribution in [-0.2, 0) is 0 Å². The molecule has 0 saturated heterocycles. The number of para-hydroxylation sites is 1. The van der Waals surface area contributed by atoms with Crippen molar-refractivity contribution in [1.82, 2.24) is 4.98 Å². The number of hydrogen-bond donors (Lipinski definition) is 1. The van der Waals surface area contributed by atoms with E-state index in [1.807, 2.05) is 12.1 Å². The number of aromatic nitrogens is 1. The molecular weight excluding hydrogens is 394 g/mol. The second-order valence-electron chi connectivity index (χ2n) is 5.66. The van der Waals surface area contributed by atoms with Gasteiger partial charge in [0, 0.05) is 25.2 Å². The molecule has 4 heteroatoms. The van der Waals surface area contributed by atoms with E-state index >= 15 is 0 Å². The number of benzene rings is 3. The fraction of sp³-hybridized carbons (Fsp3) is 0.0476. The predicted molar refractivity (Wildman–Crippen MR) is 109 cm³/mol. The minimum absolute atomic E-state index is 0.863. The van der Waals surface area contributed by atoms with Crippen LogP contribution in [0, 0.1) is 0 Å². The Kier molecular flexibility index (Phi) is 4.55. The summed E-state index contributed by atoms with van der Waals surface area (Å²) in [5.74, 6) is 0.863. The van der Waals surface area contributed by atoms with Crippen LogP contribution < -0.4 is 4.74 Å². The van der Waals surface area contributed by atoms with Crippen LogP contribution >= 0.6 is 27.7 Å². The lowest BCUT2D eigenvalue weighted by Crippen LogP contribution is -1.84. The molecule has 0 amide bonds. The molecule has 0 aliphatic rings. The lowest BCUT2D eigenvalue weighted by Gasteiger charge is -2.07. The van der Waals surface area contributed by atoms with Gasteiger partial charge >= 0.3 is 0 Å². The minimum Gasteiger partial charge on any atom is -0.497 e. The zero-order valence-electron chi connectivity index (χ0n) is 13.6. The zero-order chi connectivity index (χ0) is 17.2. The number of ether oxygens (including phenoxy) is 1. The van der Waals surface area contributed by atoms with Crippen LogP contribution in [0.15, 0.2) is 87.1 Å². The van der Waals surface area contributed by atoms with Gasteiger partial charge in [-0.05, 0) is 60.2 Å². The van der Waals surface area contributed by atoms with Crippen molar-refractivity contribution >= 4 is 38.6 Å². The SMILES string of the molecule is COc1ccc(-c2[nH]c3ccccc3c2Sc2ccc(Br)cc2)cc1. The van der Waals surface area contributed by atoms with Crippen molar-refractivity contribution in [1.29, 1.82) is 0 Å². The lowest BCUT2D eigenvalue weighted by atomic mass is 10.1. The van der Waals surface area contributed by atoms with Crippen LogP contribution in [0.25, 0.3) is 22.2 Å². The maximum absolute atomic E-state index is 5.28. The molecule has 0 fully saturated rings. The second-order valence-corrected chi connectivity index (χ2v) is 7.66. The highest BCUT2D eigenvalue weighted by Gasteiger charge is 2.14. The van der Waals surface area contributed by atoms with Gasteiger partial charge < -0.3 is 9.72 Å². The Bertz CT molecular complexity index is 1010. The Morgan fingerprint density at radius 2 is 1.60 bits per heavy atom. The van der Waals surface area contributed by atoms with E-state index in [1.165, 1.54) is 15.2 Å². The number of hydrogen-bond acceptors (Lipinski definition) is 2. The third-order valence-corrected chi connectivity index (χ3v) is 5.74. The predicted octanol–water partition coefficient (Wildman–Crippen LogP) is 6.76. The molecule has 2 nitrogen and oxygen atoms in total. The van der Waals surface area contributed by atoms with Gasteiger partial charge in [0.15, 0.2) is 0 Å². The first-order valence-electron chi connectivity index (χ1n) is 7.93. The molecule has 0 atom stereocenters. The van der Waals surface area contributed by atoms with Gasteiger partial charge in [0.2, 0.25) is 0 Å². The minimum atomic E-state index is 0.863. The Morgan fingerprint density at radius 3 is 2.32 bits per heavy atom. The van der Waals surface area contributed by atoms with Gasteiger partial charge in [-0.15, -0.1) is 0 Å². The number of nitrogens with one attached hydrogen (secondary N) is 1. The van der Waals surface area contributed by atoms with Gasteiger partial charge in [-0.3, -0.25) is 0 Å². The van der Waals surface area contributed by atoms with Crippen molar-refractivity contribution in [2.75, 3.05) is 7.11 Å². The van der Waals surface area contributed by atoms with Crippen molar-refractivity contribution in [3.05, 3.63) is 77.3 Å². The first-order chi connectivity index (χ1) is 12.2. The zero-order valence-corrected chi connectivity index (χ0v) is 16.0. The van der Waals surface area contributed by atoms with Crippen LogP contribution in [0.4, 0.5) is 0 Å². The highest BCUT2D eigenvalue weighted by molar-refractivity contribution is 9.10. The summed E-state index contributed by atoms with van der Waals surface area (Å²) in [7, 11) is 1.69. The van der Waals surface area contributed by atoms with E-state index in [0.29, 0.717) is 0 Å². The maximum atomic E-state index is 5.28. The number of halogens is 1. The normalized spacial score (nSPS) is 11.0. The van der Waals surface area contributed by atoms with Crippen LogP contribution in [0.1, 0.15) is 0 Å². The lowest BCUT2D eigenvalue weighted by molar-refractivity contribution is 0.415. The van der Waals surface area contributed by atoms with Gasteiger partial charge in [-0.25, -0.2) is 0 Å². The summed E-state index contributed by atoms with van der Waals surface area (Å²) in [6, 6.07) is 25.0. The van der Waals surface area contributed by atoms with Gasteiger partial charge in [-0.2, -0.15) is 0 Å². The number of H-pyrrole nitrogens is 1. The topological polar surface area (TPSA) is 25.0 Å². The Labute approximate surface area is 159 Å². The molecule has 1 N–H and O–H groups in total. The molecular formula is C21H16BrNOS. The third-order valence-electron chi connectivity index (χ3n) is 4.07. The third kappa shape index (κ3) is 3.32. The first-order valence-corrected chi connectivity index (χ1v) is 9.54. The summed E-state index contributed by atoms with van der Waals surface area (Å²) in [6.07, 6.45) is 0. The molecule has 1 heterocycles. The molecule has 0 radical (unpaired) electrons. The molecule has 0 aliphatic carbocycles. The van der Waals surface area contributed by atoms with Crippen molar-refractivity contribution in [2.24, 2.45) is 0 Å². The van der Waals surface area contributed by atoms with E-state index in [0.717, 1.165) is 27.0 Å². The standard InChI is InChI=1S/C21H16BrNOS/c1-24-16-10-6-14(7-11-16)20-21(18-4-2-3-5-19(18)23-20)25-17-12-8-15(22)9-13-17/h2-13,23H,1H3. The van der Waals surface area contributed by atoms with E-state index in [4.69, 9.17) is 4.74 Å². The molecule has 1 aromatic heterocycles. The number of methoxy groups -OCH3 is 1. The summed E-state index contributed by atoms with van der Waals surface area (Å²) in [5.41, 5.74) is 3.43. The van der Waals surface area contributed by atoms with Gasteiger partial charge in [0.25, 0.3) is 0 Å². The summed E-state index contributed by atoms with van der Waals surface area (Å²) < 4.78 is 6.37. The monoisotopic (exact) mass is 409 g/mol. The summed E-state index contributed by atoms with van der Waals surface area (Å²) >= 11 is 5.28. The van der Waals surface area contributed by atoms with Crippen molar-refractivity contribution in [3.8, 4) is 17.0 Å². The van der Waals surface area contributed by atoms with Gasteiger partial charge in [0.05, 0.1) is 12.8 Å². The fourth-order valence-electron chi connectivity index (χ4n) is 2.80. The molecule has 0 saturated carbocycles. The molecule has 0 aliphatic heterocycles. The average Bonchev–Trinajstić information content (AvgIpc) is 3.02. The second kappa shape index (κ2) is 6.98. The summed E-state index contributed by atoms with van der Waals surface area (Å²) in [4.78, 5) is 6.03. The number of fused-ring (bicyclic) bond motifs is 1. The Morgan fingerprint density at radius 1 is 0.880 bits per heavy atom. The molecule has 3 aromatic carbocycles. The first kappa shape index (κ1) is 16.3. The molecule has 0 unspecified atom stereocenters. The summed E-state index contributed by atoms with van der Waals surface area (Å²) in [6.45, 7) is 0. The smallest absolute Gasteiger partial charge is 0.118 e. The molecule has 25 heavy (non-hydrogen) atoms. The van der Waals surface area contributed by atoms with Crippen LogP contribution in [0.3, 0.4) is 0 Å². The summed E-state index contributed by atoms with van der Waals surface area (Å²) in [5, 5.41) is 1.24.